The van der Waals surface area contributed by atoms with Crippen molar-refractivity contribution in [3.63, 3.8) is 0 Å². The number of rotatable bonds is 7. The Bertz CT molecular complexity index is 209. The number of nitrogens with two attached hydrogens (primary N) is 1. The third-order valence-electron chi connectivity index (χ3n) is 1.86. The van der Waals surface area contributed by atoms with Crippen molar-refractivity contribution >= 4 is 5.91 Å². The van der Waals surface area contributed by atoms with Crippen LogP contribution < -0.4 is 11.1 Å². The zero-order valence-electron chi connectivity index (χ0n) is 9.14. The smallest absolute Gasteiger partial charge is 0.370 e. The van der Waals surface area contributed by atoms with Gasteiger partial charge in [-0.2, -0.15) is 13.2 Å². The molecule has 0 heterocycles. The first-order chi connectivity index (χ1) is 7.37. The standard InChI is InChI=1S/C9H17F3N2O2/c1-7(2-3-13)8(15)14-4-5-16-6-9(10,11)12/h7H,2-6,13H2,1H3,(H,14,15). The summed E-state index contributed by atoms with van der Waals surface area (Å²) in [6.45, 7) is 0.740. The van der Waals surface area contributed by atoms with Gasteiger partial charge in [0.2, 0.25) is 5.91 Å². The fraction of sp³-hybridized carbons (Fsp3) is 0.889. The van der Waals surface area contributed by atoms with Crippen LogP contribution in [0.25, 0.3) is 0 Å². The van der Waals surface area contributed by atoms with Gasteiger partial charge >= 0.3 is 6.18 Å². The number of ether oxygens (including phenoxy) is 1. The Morgan fingerprint density at radius 3 is 2.62 bits per heavy atom. The van der Waals surface area contributed by atoms with Crippen molar-refractivity contribution in [1.29, 1.82) is 0 Å². The highest BCUT2D eigenvalue weighted by molar-refractivity contribution is 5.78. The van der Waals surface area contributed by atoms with E-state index in [1.807, 2.05) is 0 Å². The number of alkyl halides is 3. The van der Waals surface area contributed by atoms with Gasteiger partial charge in [0.05, 0.1) is 6.61 Å². The molecule has 0 saturated heterocycles. The van der Waals surface area contributed by atoms with Gasteiger partial charge in [0, 0.05) is 12.5 Å². The van der Waals surface area contributed by atoms with Gasteiger partial charge in [-0.05, 0) is 13.0 Å². The maximum absolute atomic E-state index is 11.6. The fourth-order valence-corrected chi connectivity index (χ4v) is 0.990. The molecule has 0 radical (unpaired) electrons. The minimum atomic E-state index is -4.32. The second kappa shape index (κ2) is 7.45. The second-order valence-corrected chi connectivity index (χ2v) is 3.44. The van der Waals surface area contributed by atoms with Crippen molar-refractivity contribution in [3.05, 3.63) is 0 Å². The molecule has 0 aliphatic carbocycles. The van der Waals surface area contributed by atoms with Crippen LogP contribution in [0.3, 0.4) is 0 Å². The predicted octanol–water partition coefficient (Wildman–Crippen LogP) is 0.666. The van der Waals surface area contributed by atoms with E-state index >= 15 is 0 Å². The van der Waals surface area contributed by atoms with Gasteiger partial charge in [0.25, 0.3) is 0 Å². The molecule has 0 aromatic rings. The maximum atomic E-state index is 11.6. The van der Waals surface area contributed by atoms with E-state index in [9.17, 15) is 18.0 Å². The Balaban J connectivity index is 3.48. The lowest BCUT2D eigenvalue weighted by Crippen LogP contribution is -2.33. The van der Waals surface area contributed by atoms with E-state index in [-0.39, 0.29) is 25.0 Å². The SMILES string of the molecule is CC(CCN)C(=O)NCCOCC(F)(F)F. The Kier molecular flexibility index (Phi) is 7.07. The first kappa shape index (κ1) is 15.2. The van der Waals surface area contributed by atoms with Crippen LogP contribution in [-0.4, -0.2) is 38.4 Å². The van der Waals surface area contributed by atoms with Crippen LogP contribution in [0.15, 0.2) is 0 Å². The number of carbonyl (C=O) groups is 1. The van der Waals surface area contributed by atoms with Gasteiger partial charge in [-0.1, -0.05) is 6.92 Å². The molecule has 3 N–H and O–H groups in total. The van der Waals surface area contributed by atoms with Gasteiger partial charge in [-0.3, -0.25) is 4.79 Å². The highest BCUT2D eigenvalue weighted by atomic mass is 19.4. The first-order valence-corrected chi connectivity index (χ1v) is 4.99. The van der Waals surface area contributed by atoms with Crippen molar-refractivity contribution in [2.75, 3.05) is 26.3 Å². The van der Waals surface area contributed by atoms with E-state index in [1.54, 1.807) is 6.92 Å². The molecule has 1 amide bonds. The molecule has 0 aromatic heterocycles. The largest absolute Gasteiger partial charge is 0.411 e. The fourth-order valence-electron chi connectivity index (χ4n) is 0.990. The van der Waals surface area contributed by atoms with E-state index in [0.29, 0.717) is 13.0 Å². The average Bonchev–Trinajstić information content (AvgIpc) is 2.15. The normalized spacial score (nSPS) is 13.6. The van der Waals surface area contributed by atoms with E-state index in [2.05, 4.69) is 10.1 Å². The van der Waals surface area contributed by atoms with E-state index in [4.69, 9.17) is 5.73 Å². The van der Waals surface area contributed by atoms with Crippen molar-refractivity contribution in [3.8, 4) is 0 Å². The van der Waals surface area contributed by atoms with Crippen molar-refractivity contribution < 1.29 is 22.7 Å². The summed E-state index contributed by atoms with van der Waals surface area (Å²) >= 11 is 0. The molecule has 1 atom stereocenters. The number of hydrogen-bond donors (Lipinski definition) is 2. The van der Waals surface area contributed by atoms with Gasteiger partial charge < -0.3 is 15.8 Å². The van der Waals surface area contributed by atoms with Crippen LogP contribution in [0, 0.1) is 5.92 Å². The van der Waals surface area contributed by atoms with Crippen LogP contribution in [0.1, 0.15) is 13.3 Å². The molecule has 0 spiro atoms. The molecule has 96 valence electrons. The molecule has 0 aliphatic rings. The summed E-state index contributed by atoms with van der Waals surface area (Å²) in [5.41, 5.74) is 5.26. The summed E-state index contributed by atoms with van der Waals surface area (Å²) in [6, 6.07) is 0. The minimum Gasteiger partial charge on any atom is -0.370 e. The van der Waals surface area contributed by atoms with E-state index < -0.39 is 12.8 Å². The molecule has 4 nitrogen and oxygen atoms in total. The number of amides is 1. The Hall–Kier alpha value is -0.820. The number of carbonyl (C=O) groups excluding carboxylic acids is 1. The number of hydrogen-bond acceptors (Lipinski definition) is 3. The lowest BCUT2D eigenvalue weighted by molar-refractivity contribution is -0.173. The molecule has 16 heavy (non-hydrogen) atoms. The lowest BCUT2D eigenvalue weighted by atomic mass is 10.1. The third kappa shape index (κ3) is 8.49. The van der Waals surface area contributed by atoms with Crippen molar-refractivity contribution in [2.24, 2.45) is 11.7 Å². The quantitative estimate of drug-likeness (QED) is 0.645. The van der Waals surface area contributed by atoms with Gasteiger partial charge in [0.15, 0.2) is 0 Å². The Morgan fingerprint density at radius 2 is 2.12 bits per heavy atom. The van der Waals surface area contributed by atoms with Crippen LogP contribution in [0.2, 0.25) is 0 Å². The zero-order valence-corrected chi connectivity index (χ0v) is 9.14. The second-order valence-electron chi connectivity index (χ2n) is 3.44. The molecule has 0 aromatic carbocycles. The molecule has 1 unspecified atom stereocenters. The molecule has 0 bridgehead atoms. The van der Waals surface area contributed by atoms with Crippen LogP contribution in [0.5, 0.6) is 0 Å². The van der Waals surface area contributed by atoms with Crippen molar-refractivity contribution in [1.82, 2.24) is 5.32 Å². The third-order valence-corrected chi connectivity index (χ3v) is 1.86. The van der Waals surface area contributed by atoms with Crippen LogP contribution >= 0.6 is 0 Å². The van der Waals surface area contributed by atoms with Crippen LogP contribution in [0.4, 0.5) is 13.2 Å². The topological polar surface area (TPSA) is 64.4 Å². The number of halogens is 3. The first-order valence-electron chi connectivity index (χ1n) is 4.99. The van der Waals surface area contributed by atoms with Gasteiger partial charge in [-0.15, -0.1) is 0 Å². The average molecular weight is 242 g/mol. The lowest BCUT2D eigenvalue weighted by Gasteiger charge is -2.11. The van der Waals surface area contributed by atoms with E-state index in [0.717, 1.165) is 0 Å². The summed E-state index contributed by atoms with van der Waals surface area (Å²) in [6.07, 6.45) is -3.77. The summed E-state index contributed by atoms with van der Waals surface area (Å²) in [5.74, 6) is -0.450. The van der Waals surface area contributed by atoms with E-state index in [1.165, 1.54) is 0 Å². The summed E-state index contributed by atoms with van der Waals surface area (Å²) in [7, 11) is 0. The van der Waals surface area contributed by atoms with Crippen LogP contribution in [-0.2, 0) is 9.53 Å². The minimum absolute atomic E-state index is 0.0732. The van der Waals surface area contributed by atoms with Gasteiger partial charge in [0.1, 0.15) is 6.61 Å². The Morgan fingerprint density at radius 1 is 1.50 bits per heavy atom. The molecular formula is C9H17F3N2O2. The molecule has 0 saturated carbocycles. The highest BCUT2D eigenvalue weighted by Gasteiger charge is 2.27. The van der Waals surface area contributed by atoms with Gasteiger partial charge in [-0.25, -0.2) is 0 Å². The molecular weight excluding hydrogens is 225 g/mol. The molecule has 0 aliphatic heterocycles. The maximum Gasteiger partial charge on any atom is 0.411 e. The summed E-state index contributed by atoms with van der Waals surface area (Å²) in [5, 5.41) is 2.47. The monoisotopic (exact) mass is 242 g/mol. The molecule has 0 fully saturated rings. The zero-order chi connectivity index (χ0) is 12.6. The predicted molar refractivity (Wildman–Crippen MR) is 52.7 cm³/mol. The molecule has 0 rings (SSSR count). The number of nitrogens with one attached hydrogen (secondary N) is 1. The summed E-state index contributed by atoms with van der Waals surface area (Å²) < 4.78 is 39.3. The summed E-state index contributed by atoms with van der Waals surface area (Å²) in [4.78, 5) is 11.2. The van der Waals surface area contributed by atoms with Crippen molar-refractivity contribution in [2.45, 2.75) is 19.5 Å². The molecule has 7 heteroatoms. The highest BCUT2D eigenvalue weighted by Crippen LogP contribution is 2.13. The Labute approximate surface area is 92.3 Å².